The van der Waals surface area contributed by atoms with Gasteiger partial charge in [0.15, 0.2) is 0 Å². The van der Waals surface area contributed by atoms with Crippen LogP contribution in [0.15, 0.2) is 60.7 Å². The first-order valence-electron chi connectivity index (χ1n) is 12.1. The van der Waals surface area contributed by atoms with Crippen molar-refractivity contribution in [1.82, 2.24) is 4.90 Å². The second kappa shape index (κ2) is 9.91. The Balaban J connectivity index is 1.24. The average Bonchev–Trinajstić information content (AvgIpc) is 3.21. The number of benzene rings is 3. The fourth-order valence-corrected chi connectivity index (χ4v) is 5.93. The number of anilines is 1. The molecule has 0 N–H and O–H groups in total. The van der Waals surface area contributed by atoms with Gasteiger partial charge in [-0.1, -0.05) is 54.5 Å². The van der Waals surface area contributed by atoms with Crippen molar-refractivity contribution in [2.45, 2.75) is 18.6 Å². The van der Waals surface area contributed by atoms with E-state index >= 15 is 0 Å². The van der Waals surface area contributed by atoms with E-state index in [4.69, 9.17) is 11.2 Å². The van der Waals surface area contributed by atoms with Crippen LogP contribution < -0.4 is 4.90 Å². The van der Waals surface area contributed by atoms with E-state index < -0.39 is 16.0 Å². The Morgan fingerprint density at radius 2 is 1.62 bits per heavy atom. The van der Waals surface area contributed by atoms with Crippen LogP contribution >= 0.6 is 0 Å². The van der Waals surface area contributed by atoms with Gasteiger partial charge < -0.3 is 14.5 Å². The molecule has 0 saturated carbocycles. The molecule has 1 heterocycles. The standard InChI is InChI=1S/C29H27FN2O4S/c1-3-21-16-23(17-22(20(21)2)19-37(30,34)35)31-12-14-32(15-13-31)29(33)36-18-28-26-10-6-4-8-24(26)25-9-5-7-11-27(25)28/h1,4-11,16-17,28H,12-15,18-19H2,2H3. The van der Waals surface area contributed by atoms with Crippen LogP contribution in [0.3, 0.4) is 0 Å². The largest absolute Gasteiger partial charge is 0.448 e. The summed E-state index contributed by atoms with van der Waals surface area (Å²) >= 11 is 0. The second-order valence-corrected chi connectivity index (χ2v) is 10.7. The maximum atomic E-state index is 13.4. The Morgan fingerprint density at radius 3 is 2.19 bits per heavy atom. The number of fused-ring (bicyclic) bond motifs is 3. The second-order valence-electron chi connectivity index (χ2n) is 9.38. The zero-order chi connectivity index (χ0) is 26.2. The molecule has 1 amide bonds. The van der Waals surface area contributed by atoms with Gasteiger partial charge in [-0.25, -0.2) is 4.79 Å². The fourth-order valence-electron chi connectivity index (χ4n) is 5.26. The summed E-state index contributed by atoms with van der Waals surface area (Å²) in [7, 11) is -4.70. The van der Waals surface area contributed by atoms with Crippen molar-refractivity contribution in [3.63, 3.8) is 0 Å². The SMILES string of the molecule is C#Cc1cc(N2CCN(C(=O)OCC3c4ccccc4-c4ccccc43)CC2)cc(CS(=O)(=O)F)c1C. The van der Waals surface area contributed by atoms with Gasteiger partial charge in [0.25, 0.3) is 0 Å². The lowest BCUT2D eigenvalue weighted by molar-refractivity contribution is 0.0977. The van der Waals surface area contributed by atoms with Crippen LogP contribution in [0.2, 0.25) is 0 Å². The third-order valence-electron chi connectivity index (χ3n) is 7.22. The van der Waals surface area contributed by atoms with Gasteiger partial charge >= 0.3 is 16.3 Å². The third-order valence-corrected chi connectivity index (χ3v) is 7.88. The number of carbonyl (C=O) groups excluding carboxylic acids is 1. The number of hydrogen-bond donors (Lipinski definition) is 0. The van der Waals surface area contributed by atoms with Crippen molar-refractivity contribution >= 4 is 22.0 Å². The van der Waals surface area contributed by atoms with Gasteiger partial charge in [0.1, 0.15) is 12.4 Å². The number of carbonyl (C=O) groups is 1. The molecule has 3 aromatic carbocycles. The molecule has 0 radical (unpaired) electrons. The molecule has 6 nitrogen and oxygen atoms in total. The number of rotatable bonds is 5. The Labute approximate surface area is 216 Å². The van der Waals surface area contributed by atoms with Crippen molar-refractivity contribution in [3.05, 3.63) is 88.5 Å². The molecule has 0 spiro atoms. The summed E-state index contributed by atoms with van der Waals surface area (Å²) in [5.74, 6) is 1.83. The Morgan fingerprint density at radius 1 is 1.03 bits per heavy atom. The van der Waals surface area contributed by atoms with E-state index in [0.29, 0.717) is 48.6 Å². The lowest BCUT2D eigenvalue weighted by Gasteiger charge is -2.36. The van der Waals surface area contributed by atoms with E-state index in [2.05, 4.69) is 30.2 Å². The molecule has 1 saturated heterocycles. The lowest BCUT2D eigenvalue weighted by Crippen LogP contribution is -2.49. The van der Waals surface area contributed by atoms with E-state index in [-0.39, 0.29) is 18.6 Å². The molecule has 0 atom stereocenters. The summed E-state index contributed by atoms with van der Waals surface area (Å²) in [5, 5.41) is 0. The van der Waals surface area contributed by atoms with Crippen LogP contribution in [0.25, 0.3) is 11.1 Å². The van der Waals surface area contributed by atoms with Crippen molar-refractivity contribution in [2.24, 2.45) is 0 Å². The first-order chi connectivity index (χ1) is 17.7. The number of terminal acetylenes is 1. The minimum atomic E-state index is -4.70. The molecule has 8 heteroatoms. The number of piperazine rings is 1. The highest BCUT2D eigenvalue weighted by molar-refractivity contribution is 7.85. The van der Waals surface area contributed by atoms with Crippen molar-refractivity contribution in [2.75, 3.05) is 37.7 Å². The smallest absolute Gasteiger partial charge is 0.409 e. The third kappa shape index (κ3) is 5.05. The van der Waals surface area contributed by atoms with E-state index in [1.807, 2.05) is 29.2 Å². The predicted octanol–water partition coefficient (Wildman–Crippen LogP) is 4.85. The molecule has 0 unspecified atom stereocenters. The number of hydrogen-bond acceptors (Lipinski definition) is 5. The number of amides is 1. The Hall–Kier alpha value is -3.83. The molecule has 0 bridgehead atoms. The normalized spacial score (nSPS) is 15.2. The maximum absolute atomic E-state index is 13.4. The van der Waals surface area contributed by atoms with E-state index in [9.17, 15) is 17.1 Å². The minimum absolute atomic E-state index is 0.00224. The van der Waals surface area contributed by atoms with Crippen molar-refractivity contribution in [3.8, 4) is 23.5 Å². The molecule has 190 valence electrons. The van der Waals surface area contributed by atoms with Gasteiger partial charge in [0.2, 0.25) is 0 Å². The molecule has 3 aromatic rings. The van der Waals surface area contributed by atoms with E-state index in [1.54, 1.807) is 24.0 Å². The summed E-state index contributed by atoms with van der Waals surface area (Å²) in [4.78, 5) is 16.6. The molecular weight excluding hydrogens is 491 g/mol. The molecule has 1 aliphatic carbocycles. The predicted molar refractivity (Wildman–Crippen MR) is 142 cm³/mol. The summed E-state index contributed by atoms with van der Waals surface area (Å²) in [6.45, 7) is 3.85. The van der Waals surface area contributed by atoms with Crippen LogP contribution in [-0.2, 0) is 20.7 Å². The molecule has 37 heavy (non-hydrogen) atoms. The Bertz CT molecular complexity index is 1460. The fraction of sp³-hybridized carbons (Fsp3) is 0.276. The molecular formula is C29H27FN2O4S. The van der Waals surface area contributed by atoms with Gasteiger partial charge in [-0.2, -0.15) is 8.42 Å². The number of halogens is 1. The van der Waals surface area contributed by atoms with Crippen LogP contribution in [0, 0.1) is 19.3 Å². The quantitative estimate of drug-likeness (QED) is 0.357. The van der Waals surface area contributed by atoms with Crippen LogP contribution in [0.5, 0.6) is 0 Å². The number of nitrogens with zero attached hydrogens (tertiary/aromatic N) is 2. The van der Waals surface area contributed by atoms with Crippen molar-refractivity contribution in [1.29, 1.82) is 0 Å². The molecule has 1 fully saturated rings. The van der Waals surface area contributed by atoms with E-state index in [0.717, 1.165) is 11.1 Å². The maximum Gasteiger partial charge on any atom is 0.409 e. The van der Waals surface area contributed by atoms with Crippen LogP contribution in [0.1, 0.15) is 33.7 Å². The highest BCUT2D eigenvalue weighted by atomic mass is 32.3. The zero-order valence-electron chi connectivity index (χ0n) is 20.5. The summed E-state index contributed by atoms with van der Waals surface area (Å²) < 4.78 is 41.7. The summed E-state index contributed by atoms with van der Waals surface area (Å²) in [6.07, 6.45) is 5.24. The van der Waals surface area contributed by atoms with Crippen LogP contribution in [-0.4, -0.2) is 52.2 Å². The lowest BCUT2D eigenvalue weighted by atomic mass is 9.98. The van der Waals surface area contributed by atoms with Gasteiger partial charge in [-0.15, -0.1) is 10.3 Å². The summed E-state index contributed by atoms with van der Waals surface area (Å²) in [6, 6.07) is 19.9. The summed E-state index contributed by atoms with van der Waals surface area (Å²) in [5.41, 5.74) is 6.83. The van der Waals surface area contributed by atoms with Gasteiger partial charge in [0, 0.05) is 43.3 Å². The first-order valence-corrected chi connectivity index (χ1v) is 13.7. The molecule has 2 aliphatic rings. The van der Waals surface area contributed by atoms with Gasteiger partial charge in [-0.05, 0) is 52.4 Å². The van der Waals surface area contributed by atoms with Gasteiger partial charge in [-0.3, -0.25) is 0 Å². The Kier molecular flexibility index (Phi) is 6.65. The number of ether oxygens (including phenoxy) is 1. The molecule has 1 aliphatic heterocycles. The van der Waals surface area contributed by atoms with E-state index in [1.165, 1.54) is 11.1 Å². The van der Waals surface area contributed by atoms with Crippen LogP contribution in [0.4, 0.5) is 14.4 Å². The minimum Gasteiger partial charge on any atom is -0.448 e. The first kappa shape index (κ1) is 24.8. The van der Waals surface area contributed by atoms with Crippen molar-refractivity contribution < 1.29 is 21.8 Å². The molecule has 0 aromatic heterocycles. The molecule has 5 rings (SSSR count). The highest BCUT2D eigenvalue weighted by Crippen LogP contribution is 2.44. The monoisotopic (exact) mass is 518 g/mol. The zero-order valence-corrected chi connectivity index (χ0v) is 21.3. The van der Waals surface area contributed by atoms with Gasteiger partial charge in [0.05, 0.1) is 0 Å². The highest BCUT2D eigenvalue weighted by Gasteiger charge is 2.30. The average molecular weight is 519 g/mol. The topological polar surface area (TPSA) is 66.9 Å².